The van der Waals surface area contributed by atoms with Gasteiger partial charge in [-0.1, -0.05) is 0 Å². The van der Waals surface area contributed by atoms with E-state index in [0.29, 0.717) is 0 Å². The maximum atomic E-state index is 4.98. The van der Waals surface area contributed by atoms with Crippen molar-refractivity contribution in [3.05, 3.63) is 0 Å². The van der Waals surface area contributed by atoms with E-state index in [9.17, 15) is 0 Å². The molecule has 0 bridgehead atoms. The van der Waals surface area contributed by atoms with Gasteiger partial charge in [0.1, 0.15) is 0 Å². The van der Waals surface area contributed by atoms with Crippen LogP contribution >= 0.6 is 37.9 Å². The number of hydrogen-bond donors (Lipinski definition) is 4. The Balaban J connectivity index is -0.0000000183. The summed E-state index contributed by atoms with van der Waals surface area (Å²) in [5.41, 5.74) is 4.98. The summed E-state index contributed by atoms with van der Waals surface area (Å²) < 4.78 is 0. The van der Waals surface area contributed by atoms with Gasteiger partial charge >= 0.3 is 29.6 Å². The second-order valence-corrected chi connectivity index (χ2v) is 1.56. The Morgan fingerprint density at radius 3 is 1.38 bits per heavy atom. The predicted molar refractivity (Wildman–Crippen MR) is 50.2 cm³/mol. The Hall–Kier alpha value is 1.91. The van der Waals surface area contributed by atoms with Crippen LogP contribution in [0.1, 0.15) is 6.92 Å². The standard InChI is InChI=1S/C2H7NS.ClH.H3NS.Na.H/c1-2(3)4;;1-2;;/h2,4H,3H2,1H3;1H;2H,1H2;;. The van der Waals surface area contributed by atoms with Crippen LogP contribution in [-0.2, 0) is 0 Å². The van der Waals surface area contributed by atoms with Crippen molar-refractivity contribution >= 4 is 67.4 Å². The van der Waals surface area contributed by atoms with Crippen molar-refractivity contribution in [2.45, 2.75) is 12.3 Å². The van der Waals surface area contributed by atoms with Gasteiger partial charge in [-0.3, -0.25) is 5.14 Å². The normalized spacial score (nSPS) is 8.62. The van der Waals surface area contributed by atoms with Gasteiger partial charge in [-0.15, -0.1) is 25.2 Å². The van der Waals surface area contributed by atoms with Gasteiger partial charge in [0.25, 0.3) is 0 Å². The molecule has 0 saturated carbocycles. The zero-order chi connectivity index (χ0) is 5.58. The quantitative estimate of drug-likeness (QED) is 0.240. The van der Waals surface area contributed by atoms with E-state index in [0.717, 1.165) is 0 Å². The third kappa shape index (κ3) is 104. The summed E-state index contributed by atoms with van der Waals surface area (Å²) in [5.74, 6) is 0. The molecule has 50 valence electrons. The number of nitrogens with two attached hydrogens (primary N) is 2. The molecule has 1 unspecified atom stereocenters. The molecule has 0 rings (SSSR count). The van der Waals surface area contributed by atoms with Crippen LogP contribution in [0.3, 0.4) is 0 Å². The fraction of sp³-hybridized carbons (Fsp3) is 1.00. The molecule has 0 spiro atoms. The summed E-state index contributed by atoms with van der Waals surface area (Å²) in [6.07, 6.45) is 0. The predicted octanol–water partition coefficient (Wildman–Crippen LogP) is -0.216. The monoisotopic (exact) mass is 186 g/mol. The van der Waals surface area contributed by atoms with E-state index in [1.54, 1.807) is 0 Å². The van der Waals surface area contributed by atoms with Crippen molar-refractivity contribution in [3.8, 4) is 0 Å². The minimum atomic E-state index is 0. The van der Waals surface area contributed by atoms with Crippen molar-refractivity contribution < 1.29 is 0 Å². The van der Waals surface area contributed by atoms with Crippen molar-refractivity contribution in [2.24, 2.45) is 10.9 Å². The van der Waals surface area contributed by atoms with Gasteiger partial charge in [0.2, 0.25) is 0 Å². The second-order valence-electron chi connectivity index (χ2n) is 0.741. The molecular formula is C2H12ClN2NaS2. The van der Waals surface area contributed by atoms with Crippen LogP contribution in [0.2, 0.25) is 0 Å². The van der Waals surface area contributed by atoms with Gasteiger partial charge in [0, 0.05) is 5.37 Å². The molecule has 4 N–H and O–H groups in total. The Bertz CT molecular complexity index is 22.8. The Morgan fingerprint density at radius 2 is 1.38 bits per heavy atom. The van der Waals surface area contributed by atoms with Crippen LogP contribution in [0.25, 0.3) is 0 Å². The van der Waals surface area contributed by atoms with E-state index in [-0.39, 0.29) is 47.3 Å². The summed E-state index contributed by atoms with van der Waals surface area (Å²) in [6, 6.07) is 0. The van der Waals surface area contributed by atoms with Gasteiger partial charge in [0.05, 0.1) is 0 Å². The van der Waals surface area contributed by atoms with Crippen LogP contribution in [-0.4, -0.2) is 34.9 Å². The van der Waals surface area contributed by atoms with Crippen LogP contribution < -0.4 is 10.9 Å². The average molecular weight is 187 g/mol. The summed E-state index contributed by atoms with van der Waals surface area (Å²) in [7, 11) is 0. The summed E-state index contributed by atoms with van der Waals surface area (Å²) in [4.78, 5) is 0. The van der Waals surface area contributed by atoms with Gasteiger partial charge in [0.15, 0.2) is 0 Å². The van der Waals surface area contributed by atoms with Gasteiger partial charge in [-0.25, -0.2) is 0 Å². The van der Waals surface area contributed by atoms with Gasteiger partial charge < -0.3 is 5.73 Å². The van der Waals surface area contributed by atoms with Crippen molar-refractivity contribution in [2.75, 3.05) is 0 Å². The molecule has 2 nitrogen and oxygen atoms in total. The van der Waals surface area contributed by atoms with E-state index < -0.39 is 0 Å². The van der Waals surface area contributed by atoms with Crippen LogP contribution in [0.5, 0.6) is 0 Å². The molecule has 1 atom stereocenters. The summed E-state index contributed by atoms with van der Waals surface area (Å²) in [5, 5.41) is 4.22. The molecule has 0 saturated heterocycles. The molecule has 0 aromatic carbocycles. The number of rotatable bonds is 0. The average Bonchev–Trinajstić information content (AvgIpc) is 1.41. The van der Waals surface area contributed by atoms with Crippen LogP contribution in [0.15, 0.2) is 0 Å². The first-order chi connectivity index (χ1) is 2.73. The van der Waals surface area contributed by atoms with Gasteiger partial charge in [-0.05, 0) is 6.92 Å². The fourth-order valence-corrected chi connectivity index (χ4v) is 0. The van der Waals surface area contributed by atoms with Crippen molar-refractivity contribution in [3.63, 3.8) is 0 Å². The van der Waals surface area contributed by atoms with E-state index in [4.69, 9.17) is 5.73 Å². The molecule has 0 amide bonds. The fourth-order valence-electron chi connectivity index (χ4n) is 0. The molecule has 0 aliphatic rings. The topological polar surface area (TPSA) is 52.0 Å². The number of hydrogen-bond acceptors (Lipinski definition) is 4. The third-order valence-corrected chi connectivity index (χ3v) is 0. The SMILES string of the molecule is CC(N)S.Cl.NS.[NaH]. The number of thiol groups is 2. The molecule has 0 aliphatic carbocycles. The van der Waals surface area contributed by atoms with Gasteiger partial charge in [-0.2, -0.15) is 12.6 Å². The molecule has 0 radical (unpaired) electrons. The first-order valence-electron chi connectivity index (χ1n) is 1.43. The first kappa shape index (κ1) is 22.5. The van der Waals surface area contributed by atoms with Crippen molar-refractivity contribution in [1.29, 1.82) is 0 Å². The first-order valence-corrected chi connectivity index (χ1v) is 2.46. The Labute approximate surface area is 89.8 Å². The minimum absolute atomic E-state index is 0. The third-order valence-electron chi connectivity index (χ3n) is 0. The Morgan fingerprint density at radius 1 is 1.38 bits per heavy atom. The van der Waals surface area contributed by atoms with Crippen LogP contribution in [0, 0.1) is 0 Å². The summed E-state index contributed by atoms with van der Waals surface area (Å²) >= 11 is 6.77. The van der Waals surface area contributed by atoms with E-state index >= 15 is 0 Å². The molecular weight excluding hydrogens is 175 g/mol. The second kappa shape index (κ2) is 23.1. The maximum absolute atomic E-state index is 4.98. The summed E-state index contributed by atoms with van der Waals surface area (Å²) in [6.45, 7) is 1.81. The van der Waals surface area contributed by atoms with Crippen LogP contribution in [0.4, 0.5) is 0 Å². The van der Waals surface area contributed by atoms with Crippen molar-refractivity contribution in [1.82, 2.24) is 0 Å². The molecule has 0 aromatic rings. The van der Waals surface area contributed by atoms with E-state index in [2.05, 4.69) is 30.6 Å². The zero-order valence-corrected chi connectivity index (χ0v) is 6.64. The molecule has 0 aromatic heterocycles. The molecule has 6 heteroatoms. The number of halogens is 1. The molecule has 0 heterocycles. The van der Waals surface area contributed by atoms with E-state index in [1.807, 2.05) is 6.92 Å². The molecule has 8 heavy (non-hydrogen) atoms. The zero-order valence-electron chi connectivity index (χ0n) is 4.03. The van der Waals surface area contributed by atoms with E-state index in [1.165, 1.54) is 0 Å². The Kier molecular flexibility index (Phi) is 65.1. The molecule has 0 aliphatic heterocycles. The molecule has 0 fully saturated rings.